The summed E-state index contributed by atoms with van der Waals surface area (Å²) in [5.41, 5.74) is 8.06. The van der Waals surface area contributed by atoms with Gasteiger partial charge in [0.05, 0.1) is 18.2 Å². The molecular formula is C32H36ClF2N5O. The van der Waals surface area contributed by atoms with E-state index < -0.39 is 30.0 Å². The van der Waals surface area contributed by atoms with Gasteiger partial charge >= 0.3 is 0 Å². The van der Waals surface area contributed by atoms with Crippen LogP contribution in [0.2, 0.25) is 5.02 Å². The molecule has 2 N–H and O–H groups in total. The van der Waals surface area contributed by atoms with Crippen molar-refractivity contribution in [2.45, 2.75) is 52.7 Å². The summed E-state index contributed by atoms with van der Waals surface area (Å²) in [4.78, 5) is 20.7. The molecule has 0 saturated carbocycles. The fourth-order valence-electron chi connectivity index (χ4n) is 4.80. The lowest BCUT2D eigenvalue weighted by Crippen LogP contribution is -2.44. The minimum atomic E-state index is -0.720. The fraction of sp³-hybridized carbons (Fsp3) is 0.344. The molecule has 0 unspecified atom stereocenters. The summed E-state index contributed by atoms with van der Waals surface area (Å²) < 4.78 is 30.1. The third-order valence-electron chi connectivity index (χ3n) is 6.92. The molecule has 0 spiro atoms. The molecule has 1 heterocycles. The fourth-order valence-corrected chi connectivity index (χ4v) is 4.97. The van der Waals surface area contributed by atoms with Crippen LogP contribution in [0.15, 0.2) is 72.8 Å². The summed E-state index contributed by atoms with van der Waals surface area (Å²) in [6, 6.07) is 19.9. The number of nitrogens with two attached hydrogens (primary N) is 1. The van der Waals surface area contributed by atoms with Crippen LogP contribution < -0.4 is 5.73 Å². The van der Waals surface area contributed by atoms with E-state index in [1.165, 1.54) is 18.2 Å². The van der Waals surface area contributed by atoms with E-state index in [0.29, 0.717) is 23.0 Å². The van der Waals surface area contributed by atoms with Crippen LogP contribution in [0, 0.1) is 18.2 Å². The predicted octanol–water partition coefficient (Wildman–Crippen LogP) is 7.01. The second kappa shape index (κ2) is 12.9. The summed E-state index contributed by atoms with van der Waals surface area (Å²) in [5, 5.41) is 5.09. The Labute approximate surface area is 245 Å². The van der Waals surface area contributed by atoms with Gasteiger partial charge in [0.1, 0.15) is 12.5 Å². The Bertz CT molecular complexity index is 1470. The van der Waals surface area contributed by atoms with Gasteiger partial charge in [-0.15, -0.1) is 0 Å². The number of carbonyl (C=O) groups is 1. The van der Waals surface area contributed by atoms with Crippen molar-refractivity contribution in [3.63, 3.8) is 0 Å². The number of alkyl halides is 1. The van der Waals surface area contributed by atoms with Crippen molar-refractivity contribution in [1.29, 1.82) is 0 Å². The molecular weight excluding hydrogens is 544 g/mol. The number of hydrogen-bond donors (Lipinski definition) is 1. The van der Waals surface area contributed by atoms with E-state index in [4.69, 9.17) is 27.4 Å². The topological polar surface area (TPSA) is 77.0 Å². The van der Waals surface area contributed by atoms with E-state index in [0.717, 1.165) is 11.1 Å². The molecule has 41 heavy (non-hydrogen) atoms. The lowest BCUT2D eigenvalue weighted by atomic mass is 9.84. The minimum Gasteiger partial charge on any atom is -0.328 e. The molecule has 0 aliphatic heterocycles. The third kappa shape index (κ3) is 7.37. The molecule has 0 saturated heterocycles. The first kappa shape index (κ1) is 30.3. The molecule has 0 bridgehead atoms. The minimum absolute atomic E-state index is 0.161. The summed E-state index contributed by atoms with van der Waals surface area (Å²) in [6.45, 7) is 7.80. The molecule has 1 amide bonds. The Morgan fingerprint density at radius 2 is 1.76 bits per heavy atom. The highest BCUT2D eigenvalue weighted by Gasteiger charge is 2.39. The quantitative estimate of drug-likeness (QED) is 0.219. The number of nitrogens with zero attached hydrogens (tertiary/aromatic N) is 4. The van der Waals surface area contributed by atoms with E-state index in [1.807, 2.05) is 70.2 Å². The van der Waals surface area contributed by atoms with Crippen LogP contribution in [0.5, 0.6) is 0 Å². The van der Waals surface area contributed by atoms with Crippen molar-refractivity contribution < 1.29 is 13.6 Å². The Balaban J connectivity index is 1.90. The van der Waals surface area contributed by atoms with Crippen molar-refractivity contribution in [3.8, 4) is 11.4 Å². The first-order valence-electron chi connectivity index (χ1n) is 13.6. The Morgan fingerprint density at radius 3 is 2.39 bits per heavy atom. The molecule has 216 valence electrons. The van der Waals surface area contributed by atoms with Crippen LogP contribution in [0.4, 0.5) is 8.78 Å². The number of aromatic nitrogens is 3. The highest BCUT2D eigenvalue weighted by atomic mass is 35.5. The van der Waals surface area contributed by atoms with Crippen LogP contribution in [0.1, 0.15) is 60.5 Å². The highest BCUT2D eigenvalue weighted by Crippen LogP contribution is 2.39. The molecule has 2 atom stereocenters. The molecule has 4 aromatic rings. The van der Waals surface area contributed by atoms with Gasteiger partial charge in [-0.05, 0) is 54.7 Å². The van der Waals surface area contributed by atoms with Crippen molar-refractivity contribution in [2.75, 3.05) is 13.2 Å². The summed E-state index contributed by atoms with van der Waals surface area (Å²) in [7, 11) is 0. The van der Waals surface area contributed by atoms with Gasteiger partial charge in [-0.1, -0.05) is 80.4 Å². The van der Waals surface area contributed by atoms with Gasteiger partial charge < -0.3 is 10.6 Å². The molecule has 3 aromatic carbocycles. The molecule has 1 aromatic heterocycles. The molecule has 0 fully saturated rings. The molecule has 0 radical (unpaired) electrons. The summed E-state index contributed by atoms with van der Waals surface area (Å²) >= 11 is 6.21. The van der Waals surface area contributed by atoms with Crippen LogP contribution >= 0.6 is 11.6 Å². The van der Waals surface area contributed by atoms with Crippen LogP contribution in [-0.2, 0) is 6.54 Å². The van der Waals surface area contributed by atoms with Gasteiger partial charge in [-0.25, -0.2) is 18.4 Å². The normalized spacial score (nSPS) is 13.2. The number of hydrogen-bond acceptors (Lipinski definition) is 4. The second-order valence-electron chi connectivity index (χ2n) is 11.4. The largest absolute Gasteiger partial charge is 0.328 e. The first-order valence-corrected chi connectivity index (χ1v) is 14.0. The number of benzene rings is 3. The molecule has 9 heteroatoms. The standard InChI is InChI=1S/C32H36ClF2N5O/c1-21-10-12-23(13-11-21)31(41)39(17-16-25(36)19-34)28(32(2,3)4)30-37-29(26-18-24(33)14-15-27(26)35)38-40(30)20-22-8-6-5-7-9-22/h5-15,18,25,28H,16-17,19-20,36H2,1-4H3/t25-,28-/m0/s1. The van der Waals surface area contributed by atoms with Crippen LogP contribution in [0.25, 0.3) is 11.4 Å². The highest BCUT2D eigenvalue weighted by molar-refractivity contribution is 6.30. The molecule has 4 rings (SSSR count). The Kier molecular flexibility index (Phi) is 9.56. The zero-order chi connectivity index (χ0) is 29.7. The third-order valence-corrected chi connectivity index (χ3v) is 7.15. The Hall–Kier alpha value is -3.62. The number of rotatable bonds is 10. The Morgan fingerprint density at radius 1 is 1.07 bits per heavy atom. The van der Waals surface area contributed by atoms with Crippen molar-refractivity contribution in [3.05, 3.63) is 106 Å². The summed E-state index contributed by atoms with van der Waals surface area (Å²) in [6.07, 6.45) is 0.253. The number of aryl methyl sites for hydroxylation is 1. The van der Waals surface area contributed by atoms with Gasteiger partial charge in [-0.2, -0.15) is 5.10 Å². The van der Waals surface area contributed by atoms with E-state index in [2.05, 4.69) is 0 Å². The molecule has 6 nitrogen and oxygen atoms in total. The van der Waals surface area contributed by atoms with Crippen LogP contribution in [0.3, 0.4) is 0 Å². The number of halogens is 3. The zero-order valence-corrected chi connectivity index (χ0v) is 24.6. The zero-order valence-electron chi connectivity index (χ0n) is 23.8. The second-order valence-corrected chi connectivity index (χ2v) is 11.8. The monoisotopic (exact) mass is 579 g/mol. The van der Waals surface area contributed by atoms with Gasteiger partial charge in [0.2, 0.25) is 0 Å². The average molecular weight is 580 g/mol. The van der Waals surface area contributed by atoms with Gasteiger partial charge in [0, 0.05) is 23.2 Å². The van der Waals surface area contributed by atoms with Crippen molar-refractivity contribution >= 4 is 17.5 Å². The predicted molar refractivity (Wildman–Crippen MR) is 159 cm³/mol. The van der Waals surface area contributed by atoms with E-state index in [-0.39, 0.29) is 30.3 Å². The lowest BCUT2D eigenvalue weighted by Gasteiger charge is -2.40. The average Bonchev–Trinajstić information content (AvgIpc) is 3.34. The van der Waals surface area contributed by atoms with Crippen molar-refractivity contribution in [1.82, 2.24) is 19.7 Å². The maximum absolute atomic E-state index is 15.0. The van der Waals surface area contributed by atoms with Gasteiger partial charge in [0.15, 0.2) is 11.6 Å². The van der Waals surface area contributed by atoms with Gasteiger partial charge in [-0.3, -0.25) is 4.79 Å². The number of amides is 1. The van der Waals surface area contributed by atoms with E-state index >= 15 is 0 Å². The smallest absolute Gasteiger partial charge is 0.254 e. The van der Waals surface area contributed by atoms with Gasteiger partial charge in [0.25, 0.3) is 5.91 Å². The summed E-state index contributed by atoms with van der Waals surface area (Å²) in [5.74, 6) is -0.106. The first-order chi connectivity index (χ1) is 19.5. The number of carbonyl (C=O) groups excluding carboxylic acids is 1. The van der Waals surface area contributed by atoms with Crippen LogP contribution in [-0.4, -0.2) is 44.8 Å². The van der Waals surface area contributed by atoms with Crippen molar-refractivity contribution in [2.24, 2.45) is 11.1 Å². The van der Waals surface area contributed by atoms with E-state index in [9.17, 15) is 13.6 Å². The molecule has 0 aliphatic rings. The molecule has 0 aliphatic carbocycles. The maximum Gasteiger partial charge on any atom is 0.254 e. The van der Waals surface area contributed by atoms with E-state index in [1.54, 1.807) is 21.7 Å². The maximum atomic E-state index is 15.0. The SMILES string of the molecule is Cc1ccc(C(=O)N(CC[C@H](N)CF)[C@@H](c2nc(-c3cc(Cl)ccc3F)nn2Cc2ccccc2)C(C)(C)C)cc1. The lowest BCUT2D eigenvalue weighted by molar-refractivity contribution is 0.0469.